The number of aliphatic carboxylic acids is 4. The van der Waals surface area contributed by atoms with Crippen molar-refractivity contribution >= 4 is 29.7 Å². The van der Waals surface area contributed by atoms with Crippen LogP contribution in [0.25, 0.3) is 0 Å². The van der Waals surface area contributed by atoms with E-state index in [-0.39, 0.29) is 68.7 Å². The third-order valence-corrected chi connectivity index (χ3v) is 10.4. The summed E-state index contributed by atoms with van der Waals surface area (Å²) in [5.74, 6) is -8.09. The van der Waals surface area contributed by atoms with Crippen LogP contribution in [0.2, 0.25) is 0 Å². The van der Waals surface area contributed by atoms with Gasteiger partial charge in [-0.05, 0) is 62.2 Å². The first kappa shape index (κ1) is 31.8. The van der Waals surface area contributed by atoms with Crippen molar-refractivity contribution in [2.24, 2.45) is 34.5 Å². The van der Waals surface area contributed by atoms with Crippen LogP contribution in [0.1, 0.15) is 70.6 Å². The Labute approximate surface area is 249 Å². The SMILES string of the molecule is O=C(O)CC(CC1CO1)C1(C(CC(=O)O)CC2CO2)CCCC(C(CC(=O)O)CC2CO2)(C(CC(=O)O)CC2CO2)C1=O. The summed E-state index contributed by atoms with van der Waals surface area (Å²) in [6.07, 6.45) is -0.862. The molecule has 1 saturated carbocycles. The van der Waals surface area contributed by atoms with E-state index in [9.17, 15) is 39.6 Å². The fraction of sp³-hybridized carbons (Fsp3) is 0.833. The average molecular weight is 611 g/mol. The molecule has 0 bridgehead atoms. The lowest BCUT2D eigenvalue weighted by atomic mass is 9.44. The summed E-state index contributed by atoms with van der Waals surface area (Å²) >= 11 is 0. The molecule has 4 aliphatic heterocycles. The number of epoxide rings is 4. The van der Waals surface area contributed by atoms with Crippen molar-refractivity contribution in [1.29, 1.82) is 0 Å². The van der Waals surface area contributed by atoms with E-state index in [1.807, 2.05) is 0 Å². The summed E-state index contributed by atoms with van der Waals surface area (Å²) in [7, 11) is 0. The summed E-state index contributed by atoms with van der Waals surface area (Å²) in [6, 6.07) is 0. The van der Waals surface area contributed by atoms with E-state index in [1.54, 1.807) is 0 Å². The first-order valence-electron chi connectivity index (χ1n) is 15.3. The van der Waals surface area contributed by atoms with Gasteiger partial charge >= 0.3 is 23.9 Å². The number of Topliss-reactive ketones (excluding diaryl/α,β-unsaturated/α-hetero) is 1. The van der Waals surface area contributed by atoms with E-state index in [2.05, 4.69) is 0 Å². The van der Waals surface area contributed by atoms with Gasteiger partial charge in [0.1, 0.15) is 5.78 Å². The molecule has 43 heavy (non-hydrogen) atoms. The van der Waals surface area contributed by atoms with Crippen molar-refractivity contribution in [3.05, 3.63) is 0 Å². The molecule has 0 aromatic rings. The number of carboxylic acids is 4. The molecule has 0 aromatic heterocycles. The Morgan fingerprint density at radius 2 is 0.791 bits per heavy atom. The highest BCUT2D eigenvalue weighted by Gasteiger charge is 2.65. The van der Waals surface area contributed by atoms with Crippen LogP contribution in [0.4, 0.5) is 0 Å². The Hall–Kier alpha value is -2.61. The van der Waals surface area contributed by atoms with E-state index < -0.39 is 84.1 Å². The average Bonchev–Trinajstić information content (AvgIpc) is 3.69. The normalized spacial score (nSPS) is 35.3. The molecule has 4 N–H and O–H groups in total. The fourth-order valence-corrected chi connectivity index (χ4v) is 8.39. The second-order valence-electron chi connectivity index (χ2n) is 13.2. The van der Waals surface area contributed by atoms with Gasteiger partial charge in [-0.2, -0.15) is 0 Å². The third-order valence-electron chi connectivity index (χ3n) is 10.4. The van der Waals surface area contributed by atoms with E-state index in [1.165, 1.54) is 0 Å². The zero-order valence-corrected chi connectivity index (χ0v) is 24.2. The van der Waals surface area contributed by atoms with Gasteiger partial charge in [0.15, 0.2) is 0 Å². The quantitative estimate of drug-likeness (QED) is 0.146. The van der Waals surface area contributed by atoms with Crippen molar-refractivity contribution in [1.82, 2.24) is 0 Å². The molecule has 0 radical (unpaired) electrons. The standard InChI is InChI=1S/C30H42O13/c31-24(32)8-16(4-20-12-40-20)29(17(9-25(33)34)5-21-13-41-21)2-1-3-30(28(29)39,18(10-26(35)36)6-22-14-42-22)19(11-27(37)38)7-23-15-43-23/h16-23H,1-15H2,(H,31,32)(H,33,34)(H,35,36)(H,37,38). The summed E-state index contributed by atoms with van der Waals surface area (Å²) in [4.78, 5) is 65.0. The topological polar surface area (TPSA) is 216 Å². The second kappa shape index (κ2) is 12.8. The van der Waals surface area contributed by atoms with Crippen LogP contribution in [0.5, 0.6) is 0 Å². The minimum Gasteiger partial charge on any atom is -0.481 e. The van der Waals surface area contributed by atoms with Crippen LogP contribution in [0.3, 0.4) is 0 Å². The summed E-state index contributed by atoms with van der Waals surface area (Å²) in [5.41, 5.74) is -2.93. The zero-order valence-electron chi connectivity index (χ0n) is 24.2. The highest BCUT2D eigenvalue weighted by molar-refractivity contribution is 5.94. The monoisotopic (exact) mass is 610 g/mol. The number of ketones is 1. The van der Waals surface area contributed by atoms with Crippen molar-refractivity contribution in [2.45, 2.75) is 95.0 Å². The molecule has 8 atom stereocenters. The first-order valence-corrected chi connectivity index (χ1v) is 15.3. The van der Waals surface area contributed by atoms with Gasteiger partial charge in [0.2, 0.25) is 0 Å². The van der Waals surface area contributed by atoms with Crippen molar-refractivity contribution in [2.75, 3.05) is 26.4 Å². The molecule has 5 fully saturated rings. The van der Waals surface area contributed by atoms with Gasteiger partial charge in [-0.1, -0.05) is 6.42 Å². The van der Waals surface area contributed by atoms with E-state index in [4.69, 9.17) is 18.9 Å². The number of ether oxygens (including phenoxy) is 4. The van der Waals surface area contributed by atoms with Gasteiger partial charge in [-0.3, -0.25) is 24.0 Å². The molecule has 13 heteroatoms. The van der Waals surface area contributed by atoms with Crippen LogP contribution in [0.15, 0.2) is 0 Å². The number of carbonyl (C=O) groups is 5. The fourth-order valence-electron chi connectivity index (χ4n) is 8.39. The van der Waals surface area contributed by atoms with Gasteiger partial charge < -0.3 is 39.4 Å². The smallest absolute Gasteiger partial charge is 0.303 e. The number of hydrogen-bond donors (Lipinski definition) is 4. The molecule has 0 spiro atoms. The number of hydrogen-bond acceptors (Lipinski definition) is 9. The minimum atomic E-state index is -1.46. The van der Waals surface area contributed by atoms with Crippen LogP contribution in [0, 0.1) is 34.5 Å². The molecular formula is C30H42O13. The molecule has 0 amide bonds. The van der Waals surface area contributed by atoms with Crippen LogP contribution in [-0.4, -0.2) is 101 Å². The highest BCUT2D eigenvalue weighted by atomic mass is 16.6. The van der Waals surface area contributed by atoms with Gasteiger partial charge in [0.05, 0.1) is 50.8 Å². The molecule has 4 saturated heterocycles. The molecule has 13 nitrogen and oxygen atoms in total. The second-order valence-corrected chi connectivity index (χ2v) is 13.2. The molecule has 240 valence electrons. The predicted octanol–water partition coefficient (Wildman–Crippen LogP) is 2.23. The molecule has 4 heterocycles. The third kappa shape index (κ3) is 7.55. The predicted molar refractivity (Wildman–Crippen MR) is 144 cm³/mol. The van der Waals surface area contributed by atoms with E-state index in [0.717, 1.165) is 0 Å². The van der Waals surface area contributed by atoms with Gasteiger partial charge in [0, 0.05) is 36.5 Å². The number of carboxylic acid groups (broad SMARTS) is 4. The van der Waals surface area contributed by atoms with Gasteiger partial charge in [0.25, 0.3) is 0 Å². The maximum Gasteiger partial charge on any atom is 0.303 e. The van der Waals surface area contributed by atoms with E-state index in [0.29, 0.717) is 32.8 Å². The lowest BCUT2D eigenvalue weighted by Gasteiger charge is -2.57. The summed E-state index contributed by atoms with van der Waals surface area (Å²) in [6.45, 7) is 1.62. The van der Waals surface area contributed by atoms with Crippen molar-refractivity contribution in [3.8, 4) is 0 Å². The van der Waals surface area contributed by atoms with Crippen molar-refractivity contribution < 1.29 is 63.3 Å². The summed E-state index contributed by atoms with van der Waals surface area (Å²) in [5, 5.41) is 40.3. The highest BCUT2D eigenvalue weighted by Crippen LogP contribution is 2.63. The van der Waals surface area contributed by atoms with Crippen LogP contribution >= 0.6 is 0 Å². The Morgan fingerprint density at radius 1 is 0.558 bits per heavy atom. The zero-order chi connectivity index (χ0) is 30.9. The molecule has 5 aliphatic rings. The lowest BCUT2D eigenvalue weighted by molar-refractivity contribution is -0.172. The molecular weight excluding hydrogens is 568 g/mol. The van der Waals surface area contributed by atoms with E-state index >= 15 is 4.79 Å². The Kier molecular flexibility index (Phi) is 9.45. The first-order chi connectivity index (χ1) is 20.4. The largest absolute Gasteiger partial charge is 0.481 e. The Morgan fingerprint density at radius 3 is 0.977 bits per heavy atom. The maximum absolute atomic E-state index is 15.7. The Balaban J connectivity index is 1.69. The van der Waals surface area contributed by atoms with Gasteiger partial charge in [-0.15, -0.1) is 0 Å². The van der Waals surface area contributed by atoms with Crippen LogP contribution < -0.4 is 0 Å². The minimum absolute atomic E-state index is 0.225. The summed E-state index contributed by atoms with van der Waals surface area (Å²) < 4.78 is 21.9. The molecule has 8 unspecified atom stereocenters. The number of rotatable bonds is 20. The molecule has 0 aromatic carbocycles. The van der Waals surface area contributed by atoms with Gasteiger partial charge in [-0.25, -0.2) is 0 Å². The number of carbonyl (C=O) groups excluding carboxylic acids is 1. The Bertz CT molecular complexity index is 938. The molecule has 5 rings (SSSR count). The van der Waals surface area contributed by atoms with Crippen LogP contribution in [-0.2, 0) is 42.9 Å². The molecule has 1 aliphatic carbocycles. The lowest BCUT2D eigenvalue weighted by Crippen LogP contribution is -2.61. The maximum atomic E-state index is 15.7. The van der Waals surface area contributed by atoms with Crippen molar-refractivity contribution in [3.63, 3.8) is 0 Å².